The van der Waals surface area contributed by atoms with Gasteiger partial charge in [-0.1, -0.05) is 24.3 Å². The average molecular weight is 496 g/mol. The van der Waals surface area contributed by atoms with E-state index in [1.54, 1.807) is 38.2 Å². The summed E-state index contributed by atoms with van der Waals surface area (Å²) >= 11 is 0. The number of nitrogens with one attached hydrogen (secondary N) is 1. The molecule has 4 rings (SSSR count). The highest BCUT2D eigenvalue weighted by molar-refractivity contribution is 7.92. The van der Waals surface area contributed by atoms with E-state index in [1.165, 1.54) is 54.5 Å². The number of nitrogens with zero attached hydrogens (tertiary/aromatic N) is 1. The number of carbonyl (C=O) groups is 2. The first-order chi connectivity index (χ1) is 16.7. The number of sulfonamides is 1. The number of amides is 1. The van der Waals surface area contributed by atoms with Gasteiger partial charge in [-0.2, -0.15) is 0 Å². The summed E-state index contributed by atoms with van der Waals surface area (Å²) in [5.41, 5.74) is 5.82. The Morgan fingerprint density at radius 1 is 1.09 bits per heavy atom. The van der Waals surface area contributed by atoms with Crippen LogP contribution in [0.4, 0.5) is 17.1 Å². The molecule has 0 aromatic heterocycles. The number of para-hydroxylation sites is 1. The largest absolute Gasteiger partial charge is 0.495 e. The molecule has 3 aromatic rings. The normalized spacial score (nSPS) is 17.1. The van der Waals surface area contributed by atoms with Crippen molar-refractivity contribution in [3.8, 4) is 5.75 Å². The van der Waals surface area contributed by atoms with Gasteiger partial charge in [-0.15, -0.1) is 0 Å². The van der Waals surface area contributed by atoms with Crippen molar-refractivity contribution in [2.24, 2.45) is 0 Å². The topological polar surface area (TPSA) is 128 Å². The van der Waals surface area contributed by atoms with Crippen molar-refractivity contribution in [3.63, 3.8) is 0 Å². The maximum Gasteiger partial charge on any atom is 0.330 e. The molecule has 182 valence electrons. The number of fused-ring (bicyclic) bond motifs is 1. The molecule has 3 aromatic carbocycles. The lowest BCUT2D eigenvalue weighted by Gasteiger charge is -2.27. The molecule has 3 N–H and O–H groups in total. The third-order valence-electron chi connectivity index (χ3n) is 5.95. The Morgan fingerprint density at radius 2 is 1.77 bits per heavy atom. The van der Waals surface area contributed by atoms with Crippen molar-refractivity contribution in [2.75, 3.05) is 36.1 Å². The minimum atomic E-state index is -3.96. The lowest BCUT2D eigenvalue weighted by Crippen LogP contribution is -2.47. The molecule has 0 fully saturated rings. The first-order valence-corrected chi connectivity index (χ1v) is 12.3. The molecule has 0 unspecified atom stereocenters. The van der Waals surface area contributed by atoms with Crippen LogP contribution in [0.15, 0.2) is 71.6 Å². The van der Waals surface area contributed by atoms with Crippen LogP contribution in [0.1, 0.15) is 18.1 Å². The number of benzene rings is 3. The fourth-order valence-corrected chi connectivity index (χ4v) is 5.32. The fourth-order valence-electron chi connectivity index (χ4n) is 4.25. The first kappa shape index (κ1) is 24.1. The molecule has 0 saturated heterocycles. The van der Waals surface area contributed by atoms with Crippen LogP contribution in [0.25, 0.3) is 0 Å². The Bertz CT molecular complexity index is 1400. The number of methoxy groups -OCH3 is 1. The highest BCUT2D eigenvalue weighted by Gasteiger charge is 2.58. The number of ether oxygens (including phenoxy) is 2. The summed E-state index contributed by atoms with van der Waals surface area (Å²) in [6, 6.07) is 17.2. The van der Waals surface area contributed by atoms with Crippen molar-refractivity contribution in [2.45, 2.75) is 17.2 Å². The van der Waals surface area contributed by atoms with E-state index in [0.717, 1.165) is 0 Å². The zero-order valence-electron chi connectivity index (χ0n) is 19.4. The molecule has 0 bridgehead atoms. The van der Waals surface area contributed by atoms with Crippen LogP contribution < -0.4 is 20.1 Å². The van der Waals surface area contributed by atoms with E-state index < -0.39 is 27.3 Å². The second-order valence-electron chi connectivity index (χ2n) is 7.94. The number of nitrogen functional groups attached to an aromatic ring is 1. The molecule has 35 heavy (non-hydrogen) atoms. The average Bonchev–Trinajstić information content (AvgIpc) is 3.07. The number of hydrogen-bond donors (Lipinski definition) is 2. The number of carbonyl (C=O) groups excluding carboxylic acids is 2. The number of anilines is 3. The number of esters is 1. The summed E-state index contributed by atoms with van der Waals surface area (Å²) in [6.45, 7) is 1.74. The van der Waals surface area contributed by atoms with E-state index in [4.69, 9.17) is 15.2 Å². The Labute approximate surface area is 203 Å². The number of hydrogen-bond acceptors (Lipinski definition) is 7. The quantitative estimate of drug-likeness (QED) is 0.293. The predicted molar refractivity (Wildman–Crippen MR) is 132 cm³/mol. The molecular formula is C25H25N3O6S. The van der Waals surface area contributed by atoms with Crippen LogP contribution in [-0.4, -0.2) is 41.1 Å². The SMILES string of the molecule is CCOC(=O)[C@@]1(c2ccc(NS(=O)(=O)c3ccc(N)cc3)c(OC)c2)C(=O)N(C)c2ccccc21. The minimum absolute atomic E-state index is 0.0161. The highest BCUT2D eigenvalue weighted by Crippen LogP contribution is 2.48. The molecule has 1 heterocycles. The molecule has 1 atom stereocenters. The van der Waals surface area contributed by atoms with Gasteiger partial charge in [0.05, 0.1) is 24.3 Å². The van der Waals surface area contributed by atoms with Crippen LogP contribution >= 0.6 is 0 Å². The summed E-state index contributed by atoms with van der Waals surface area (Å²) in [5, 5.41) is 0. The van der Waals surface area contributed by atoms with Gasteiger partial charge >= 0.3 is 5.97 Å². The van der Waals surface area contributed by atoms with Gasteiger partial charge < -0.3 is 20.1 Å². The Morgan fingerprint density at radius 3 is 2.43 bits per heavy atom. The summed E-state index contributed by atoms with van der Waals surface area (Å²) in [5.74, 6) is -1.07. The van der Waals surface area contributed by atoms with Crippen LogP contribution in [0.3, 0.4) is 0 Å². The van der Waals surface area contributed by atoms with Crippen molar-refractivity contribution >= 4 is 39.0 Å². The summed E-state index contributed by atoms with van der Waals surface area (Å²) in [6.07, 6.45) is 0. The summed E-state index contributed by atoms with van der Waals surface area (Å²) in [7, 11) is -0.995. The maximum atomic E-state index is 13.6. The van der Waals surface area contributed by atoms with Crippen molar-refractivity contribution < 1.29 is 27.5 Å². The lowest BCUT2D eigenvalue weighted by atomic mass is 9.75. The molecule has 10 heteroatoms. The highest BCUT2D eigenvalue weighted by atomic mass is 32.2. The molecule has 0 aliphatic carbocycles. The van der Waals surface area contributed by atoms with E-state index in [-0.39, 0.29) is 22.9 Å². The standard InChI is InChI=1S/C25H25N3O6S/c1-4-34-24(30)25(19-7-5-6-8-21(19)28(2)23(25)29)16-9-14-20(22(15-16)33-3)27-35(31,32)18-12-10-17(26)11-13-18/h5-15,27H,4,26H2,1-3H3/t25-/m1/s1. The second-order valence-corrected chi connectivity index (χ2v) is 9.62. The maximum absolute atomic E-state index is 13.6. The van der Waals surface area contributed by atoms with Gasteiger partial charge in [-0.05, 0) is 55.0 Å². The second kappa shape index (κ2) is 8.95. The summed E-state index contributed by atoms with van der Waals surface area (Å²) in [4.78, 5) is 28.4. The van der Waals surface area contributed by atoms with Gasteiger partial charge in [-0.25, -0.2) is 8.42 Å². The molecule has 1 amide bonds. The van der Waals surface area contributed by atoms with E-state index in [0.29, 0.717) is 22.5 Å². The molecule has 9 nitrogen and oxygen atoms in total. The van der Waals surface area contributed by atoms with Gasteiger partial charge in [0.1, 0.15) is 5.75 Å². The van der Waals surface area contributed by atoms with Crippen LogP contribution in [0, 0.1) is 0 Å². The molecular weight excluding hydrogens is 470 g/mol. The smallest absolute Gasteiger partial charge is 0.330 e. The lowest BCUT2D eigenvalue weighted by molar-refractivity contribution is -0.151. The zero-order chi connectivity index (χ0) is 25.4. The van der Waals surface area contributed by atoms with Crippen LogP contribution in [-0.2, 0) is 29.8 Å². The van der Waals surface area contributed by atoms with E-state index in [2.05, 4.69) is 4.72 Å². The number of nitrogens with two attached hydrogens (primary N) is 1. The van der Waals surface area contributed by atoms with E-state index in [9.17, 15) is 18.0 Å². The number of likely N-dealkylation sites (N-methyl/N-ethyl adjacent to an activating group) is 1. The number of rotatable bonds is 7. The van der Waals surface area contributed by atoms with Gasteiger partial charge in [0.15, 0.2) is 5.41 Å². The molecule has 0 saturated carbocycles. The Balaban J connectivity index is 1.84. The van der Waals surface area contributed by atoms with E-state index in [1.807, 2.05) is 0 Å². The van der Waals surface area contributed by atoms with E-state index >= 15 is 0 Å². The van der Waals surface area contributed by atoms with Crippen molar-refractivity contribution in [1.29, 1.82) is 0 Å². The zero-order valence-corrected chi connectivity index (χ0v) is 20.3. The molecule has 1 aliphatic heterocycles. The van der Waals surface area contributed by atoms with Crippen LogP contribution in [0.5, 0.6) is 5.75 Å². The monoisotopic (exact) mass is 495 g/mol. The molecule has 0 spiro atoms. The first-order valence-electron chi connectivity index (χ1n) is 10.8. The van der Waals surface area contributed by atoms with Crippen LogP contribution in [0.2, 0.25) is 0 Å². The van der Waals surface area contributed by atoms with Crippen molar-refractivity contribution in [3.05, 3.63) is 77.9 Å². The molecule has 0 radical (unpaired) electrons. The molecule has 1 aliphatic rings. The minimum Gasteiger partial charge on any atom is -0.495 e. The van der Waals surface area contributed by atoms with Gasteiger partial charge in [-0.3, -0.25) is 14.3 Å². The Kier molecular flexibility index (Phi) is 6.16. The van der Waals surface area contributed by atoms with Crippen molar-refractivity contribution in [1.82, 2.24) is 0 Å². The summed E-state index contributed by atoms with van der Waals surface area (Å²) < 4.78 is 39.1. The third kappa shape index (κ3) is 3.85. The third-order valence-corrected chi connectivity index (χ3v) is 7.33. The van der Waals surface area contributed by atoms with Gasteiger partial charge in [0.2, 0.25) is 0 Å². The Hall–Kier alpha value is -4.05. The van der Waals surface area contributed by atoms with Gasteiger partial charge in [0.25, 0.3) is 15.9 Å². The predicted octanol–water partition coefficient (Wildman–Crippen LogP) is 2.90. The van der Waals surface area contributed by atoms with Gasteiger partial charge in [0, 0.05) is 24.0 Å². The fraction of sp³-hybridized carbons (Fsp3) is 0.200.